The van der Waals surface area contributed by atoms with Crippen LogP contribution in [0.4, 0.5) is 0 Å². The third-order valence-corrected chi connectivity index (χ3v) is 6.21. The Morgan fingerprint density at radius 2 is 1.84 bits per heavy atom. The highest BCUT2D eigenvalue weighted by molar-refractivity contribution is 7.90. The molecule has 1 amide bonds. The number of ether oxygens (including phenoxy) is 2. The van der Waals surface area contributed by atoms with Crippen molar-refractivity contribution >= 4 is 21.8 Å². The zero-order valence-electron chi connectivity index (χ0n) is 17.6. The van der Waals surface area contributed by atoms with E-state index in [0.717, 1.165) is 12.8 Å². The van der Waals surface area contributed by atoms with E-state index in [4.69, 9.17) is 9.47 Å². The average Bonchev–Trinajstić information content (AvgIpc) is 3.04. The molecule has 2 aromatic carbocycles. The fraction of sp³-hybridized carbons (Fsp3) is 0.364. The van der Waals surface area contributed by atoms with E-state index in [0.29, 0.717) is 23.5 Å². The van der Waals surface area contributed by atoms with Crippen molar-refractivity contribution < 1.29 is 22.7 Å². The van der Waals surface area contributed by atoms with Gasteiger partial charge in [0.15, 0.2) is 11.5 Å². The number of methoxy groups -OCH3 is 1. The number of unbranched alkanes of at least 4 members (excludes halogenated alkanes) is 1. The van der Waals surface area contributed by atoms with Gasteiger partial charge in [-0.1, -0.05) is 44.0 Å². The lowest BCUT2D eigenvalue weighted by Gasteiger charge is -2.15. The van der Waals surface area contributed by atoms with E-state index in [1.165, 1.54) is 6.07 Å². The minimum Gasteiger partial charge on any atom is -0.493 e. The summed E-state index contributed by atoms with van der Waals surface area (Å²) < 4.78 is 38.0. The number of rotatable bonds is 10. The molecule has 0 bridgehead atoms. The van der Waals surface area contributed by atoms with Gasteiger partial charge in [0.05, 0.1) is 18.6 Å². The molecule has 0 fully saturated rings. The van der Waals surface area contributed by atoms with Crippen LogP contribution in [0.15, 0.2) is 58.4 Å². The van der Waals surface area contributed by atoms with Gasteiger partial charge in [0, 0.05) is 5.56 Å². The Morgan fingerprint density at radius 1 is 1.13 bits per heavy atom. The number of para-hydroxylation sites is 2. The molecular weight excluding hydrogens is 418 g/mol. The average molecular weight is 446 g/mol. The molecule has 0 aliphatic carbocycles. The Balaban J connectivity index is 1.65. The summed E-state index contributed by atoms with van der Waals surface area (Å²) in [6, 6.07) is 13.2. The molecule has 2 aromatic rings. The minimum absolute atomic E-state index is 0.175. The first-order valence-electron chi connectivity index (χ1n) is 10.2. The number of aliphatic imine (C=N–C) groups is 1. The van der Waals surface area contributed by atoms with Crippen LogP contribution in [0.1, 0.15) is 31.7 Å². The summed E-state index contributed by atoms with van der Waals surface area (Å²) in [5.74, 6) is 1.15. The van der Waals surface area contributed by atoms with E-state index >= 15 is 0 Å². The molecule has 8 nitrogen and oxygen atoms in total. The molecule has 1 heterocycles. The Labute approximate surface area is 182 Å². The molecule has 0 spiro atoms. The number of nitrogens with one attached hydrogen (secondary N) is 2. The third kappa shape index (κ3) is 5.55. The number of amidine groups is 1. The zero-order chi connectivity index (χ0) is 22.3. The second kappa shape index (κ2) is 10.3. The Hall–Kier alpha value is -3.07. The first kappa shape index (κ1) is 22.6. The standard InChI is InChI=1S/C22H27N3O5S/c1-3-4-10-17(24-21-16-9-5-8-13-20(16)31(27,28)25-21)22(26)23-14-15-30-19-12-7-6-11-18(19)29-2/h5-9,11-13,17H,3-4,10,14-15H2,1-2H3,(H,23,26)(H,24,25). The number of carbonyl (C=O) groups is 1. The minimum atomic E-state index is -3.65. The van der Waals surface area contributed by atoms with Crippen LogP contribution in [0.5, 0.6) is 11.5 Å². The molecule has 0 saturated heterocycles. The summed E-state index contributed by atoms with van der Waals surface area (Å²) in [6.07, 6.45) is 2.21. The summed E-state index contributed by atoms with van der Waals surface area (Å²) in [7, 11) is -2.08. The molecule has 0 radical (unpaired) electrons. The second-order valence-corrected chi connectivity index (χ2v) is 8.68. The lowest BCUT2D eigenvalue weighted by molar-refractivity contribution is -0.122. The van der Waals surface area contributed by atoms with E-state index < -0.39 is 16.1 Å². The Kier molecular flexibility index (Phi) is 7.51. The summed E-state index contributed by atoms with van der Waals surface area (Å²) in [5.41, 5.74) is 0.483. The van der Waals surface area contributed by atoms with Crippen molar-refractivity contribution in [2.45, 2.75) is 37.1 Å². The first-order chi connectivity index (χ1) is 15.0. The zero-order valence-corrected chi connectivity index (χ0v) is 18.4. The third-order valence-electron chi connectivity index (χ3n) is 4.81. The lowest BCUT2D eigenvalue weighted by Crippen LogP contribution is -2.37. The Morgan fingerprint density at radius 3 is 2.58 bits per heavy atom. The number of hydrogen-bond acceptors (Lipinski definition) is 6. The molecular formula is C22H27N3O5S. The molecule has 166 valence electrons. The van der Waals surface area contributed by atoms with Crippen molar-refractivity contribution in [3.8, 4) is 11.5 Å². The molecule has 0 saturated carbocycles. The molecule has 1 unspecified atom stereocenters. The smallest absolute Gasteiger partial charge is 0.263 e. The number of sulfonamides is 1. The van der Waals surface area contributed by atoms with E-state index in [9.17, 15) is 13.2 Å². The van der Waals surface area contributed by atoms with Gasteiger partial charge < -0.3 is 14.8 Å². The van der Waals surface area contributed by atoms with Crippen LogP contribution >= 0.6 is 0 Å². The van der Waals surface area contributed by atoms with Crippen LogP contribution in [-0.2, 0) is 14.8 Å². The van der Waals surface area contributed by atoms with Crippen LogP contribution in [0.25, 0.3) is 0 Å². The number of hydrogen-bond donors (Lipinski definition) is 2. The van der Waals surface area contributed by atoms with Gasteiger partial charge in [0.25, 0.3) is 10.0 Å². The Bertz CT molecular complexity index is 1050. The quantitative estimate of drug-likeness (QED) is 0.547. The topological polar surface area (TPSA) is 106 Å². The fourth-order valence-corrected chi connectivity index (χ4v) is 4.47. The van der Waals surface area contributed by atoms with Crippen molar-refractivity contribution in [1.82, 2.24) is 10.0 Å². The maximum absolute atomic E-state index is 12.8. The number of fused-ring (bicyclic) bond motifs is 1. The van der Waals surface area contributed by atoms with Crippen molar-refractivity contribution in [2.24, 2.45) is 4.99 Å². The van der Waals surface area contributed by atoms with Gasteiger partial charge in [-0.25, -0.2) is 8.42 Å². The number of nitrogens with zero attached hydrogens (tertiary/aromatic N) is 1. The second-order valence-electron chi connectivity index (χ2n) is 7.03. The predicted octanol–water partition coefficient (Wildman–Crippen LogP) is 2.49. The molecule has 1 atom stereocenters. The number of carbonyl (C=O) groups excluding carboxylic acids is 1. The van der Waals surface area contributed by atoms with Crippen LogP contribution in [-0.4, -0.2) is 46.5 Å². The molecule has 1 aliphatic heterocycles. The van der Waals surface area contributed by atoms with E-state index in [1.54, 1.807) is 37.4 Å². The van der Waals surface area contributed by atoms with Gasteiger partial charge in [-0.15, -0.1) is 0 Å². The SMILES string of the molecule is CCCCC(N=C1NS(=O)(=O)c2ccccc21)C(=O)NCCOc1ccccc1OC. The first-order valence-corrected chi connectivity index (χ1v) is 11.7. The van der Waals surface area contributed by atoms with E-state index in [1.807, 2.05) is 19.1 Å². The summed E-state index contributed by atoms with van der Waals surface area (Å²) >= 11 is 0. The van der Waals surface area contributed by atoms with Gasteiger partial charge in [0.1, 0.15) is 18.5 Å². The summed E-state index contributed by atoms with van der Waals surface area (Å²) in [4.78, 5) is 17.4. The number of benzene rings is 2. The normalized spacial score (nSPS) is 16.3. The van der Waals surface area contributed by atoms with Gasteiger partial charge in [0.2, 0.25) is 5.91 Å². The highest BCUT2D eigenvalue weighted by Gasteiger charge is 2.31. The van der Waals surface area contributed by atoms with Crippen molar-refractivity contribution in [3.05, 3.63) is 54.1 Å². The lowest BCUT2D eigenvalue weighted by atomic mass is 10.1. The van der Waals surface area contributed by atoms with Crippen molar-refractivity contribution in [3.63, 3.8) is 0 Å². The van der Waals surface area contributed by atoms with Gasteiger partial charge in [-0.2, -0.15) is 0 Å². The monoisotopic (exact) mass is 445 g/mol. The van der Waals surface area contributed by atoms with Crippen molar-refractivity contribution in [2.75, 3.05) is 20.3 Å². The highest BCUT2D eigenvalue weighted by atomic mass is 32.2. The molecule has 9 heteroatoms. The largest absolute Gasteiger partial charge is 0.493 e. The maximum atomic E-state index is 12.8. The molecule has 0 aromatic heterocycles. The summed E-state index contributed by atoms with van der Waals surface area (Å²) in [6.45, 7) is 2.57. The van der Waals surface area contributed by atoms with Crippen LogP contribution in [0.2, 0.25) is 0 Å². The number of amides is 1. The van der Waals surface area contributed by atoms with Crippen LogP contribution in [0.3, 0.4) is 0 Å². The molecule has 3 rings (SSSR count). The van der Waals surface area contributed by atoms with Gasteiger partial charge >= 0.3 is 0 Å². The summed E-state index contributed by atoms with van der Waals surface area (Å²) in [5, 5.41) is 2.83. The van der Waals surface area contributed by atoms with Crippen molar-refractivity contribution in [1.29, 1.82) is 0 Å². The van der Waals surface area contributed by atoms with Gasteiger partial charge in [-0.3, -0.25) is 14.5 Å². The maximum Gasteiger partial charge on any atom is 0.263 e. The van der Waals surface area contributed by atoms with E-state index in [2.05, 4.69) is 15.0 Å². The van der Waals surface area contributed by atoms with Crippen LogP contribution < -0.4 is 19.5 Å². The predicted molar refractivity (Wildman–Crippen MR) is 118 cm³/mol. The van der Waals surface area contributed by atoms with Gasteiger partial charge in [-0.05, 0) is 30.7 Å². The van der Waals surface area contributed by atoms with Crippen LogP contribution in [0, 0.1) is 0 Å². The fourth-order valence-electron chi connectivity index (χ4n) is 3.23. The highest BCUT2D eigenvalue weighted by Crippen LogP contribution is 2.25. The molecule has 1 aliphatic rings. The molecule has 31 heavy (non-hydrogen) atoms. The molecule has 2 N–H and O–H groups in total. The van der Waals surface area contributed by atoms with E-state index in [-0.39, 0.29) is 29.8 Å².